The highest BCUT2D eigenvalue weighted by molar-refractivity contribution is 7.14. The number of hydrogen-bond donors (Lipinski definition) is 2. The van der Waals surface area contributed by atoms with Gasteiger partial charge in [-0.25, -0.2) is 9.78 Å². The Morgan fingerprint density at radius 2 is 1.52 bits per heavy atom. The Morgan fingerprint density at radius 3 is 2.14 bits per heavy atom. The molecule has 8 nitrogen and oxygen atoms in total. The van der Waals surface area contributed by atoms with Gasteiger partial charge in [0, 0.05) is 16.6 Å². The number of carbonyl (C=O) groups excluding carboxylic acids is 3. The van der Waals surface area contributed by atoms with E-state index >= 15 is 0 Å². The number of amides is 2. The van der Waals surface area contributed by atoms with E-state index in [2.05, 4.69) is 20.4 Å². The summed E-state index contributed by atoms with van der Waals surface area (Å²) in [5, 5.41) is 7.18. The fourth-order valence-corrected chi connectivity index (χ4v) is 3.04. The Balaban J connectivity index is 1.62. The van der Waals surface area contributed by atoms with Crippen molar-refractivity contribution in [1.29, 1.82) is 0 Å². The largest absolute Gasteiger partial charge is 0.497 e. The fourth-order valence-electron chi connectivity index (χ4n) is 2.35. The lowest BCUT2D eigenvalue weighted by atomic mass is 10.2. The highest BCUT2D eigenvalue weighted by Gasteiger charge is 2.14. The molecule has 148 valence electrons. The molecule has 0 atom stereocenters. The summed E-state index contributed by atoms with van der Waals surface area (Å²) in [6, 6.07) is 12.9. The summed E-state index contributed by atoms with van der Waals surface area (Å²) in [5.74, 6) is -0.585. The third-order valence-electron chi connectivity index (χ3n) is 3.87. The summed E-state index contributed by atoms with van der Waals surface area (Å²) in [7, 11) is 2.84. The first-order valence-corrected chi connectivity index (χ1v) is 9.29. The van der Waals surface area contributed by atoms with Crippen LogP contribution in [0.4, 0.5) is 10.8 Å². The van der Waals surface area contributed by atoms with Crippen molar-refractivity contribution < 1.29 is 23.9 Å². The molecule has 0 aliphatic heterocycles. The van der Waals surface area contributed by atoms with E-state index in [1.54, 1.807) is 61.0 Å². The number of esters is 1. The first-order valence-electron chi connectivity index (χ1n) is 8.41. The highest BCUT2D eigenvalue weighted by Crippen LogP contribution is 2.19. The van der Waals surface area contributed by atoms with Crippen LogP contribution in [0.15, 0.2) is 53.9 Å². The minimum atomic E-state index is -0.459. The normalized spacial score (nSPS) is 10.1. The average molecular weight is 411 g/mol. The molecule has 0 spiro atoms. The van der Waals surface area contributed by atoms with Gasteiger partial charge in [-0.2, -0.15) is 0 Å². The molecule has 0 unspecified atom stereocenters. The van der Waals surface area contributed by atoms with Gasteiger partial charge in [0.1, 0.15) is 11.4 Å². The Bertz CT molecular complexity index is 1030. The lowest BCUT2D eigenvalue weighted by Gasteiger charge is -2.05. The average Bonchev–Trinajstić information content (AvgIpc) is 3.22. The van der Waals surface area contributed by atoms with E-state index in [1.165, 1.54) is 7.11 Å². The second-order valence-corrected chi connectivity index (χ2v) is 6.60. The molecule has 2 aromatic carbocycles. The van der Waals surface area contributed by atoms with Gasteiger partial charge in [0.25, 0.3) is 11.8 Å². The molecule has 3 aromatic rings. The highest BCUT2D eigenvalue weighted by atomic mass is 32.1. The predicted molar refractivity (Wildman–Crippen MR) is 109 cm³/mol. The maximum atomic E-state index is 12.3. The van der Waals surface area contributed by atoms with Crippen molar-refractivity contribution in [3.63, 3.8) is 0 Å². The summed E-state index contributed by atoms with van der Waals surface area (Å²) in [5.41, 5.74) is 1.48. The number of ether oxygens (including phenoxy) is 2. The number of anilines is 2. The van der Waals surface area contributed by atoms with Crippen molar-refractivity contribution >= 4 is 39.9 Å². The zero-order valence-corrected chi connectivity index (χ0v) is 16.4. The maximum Gasteiger partial charge on any atom is 0.337 e. The third-order valence-corrected chi connectivity index (χ3v) is 4.63. The van der Waals surface area contributed by atoms with Gasteiger partial charge < -0.3 is 14.8 Å². The molecule has 0 fully saturated rings. The number of carbonyl (C=O) groups is 3. The van der Waals surface area contributed by atoms with Crippen LogP contribution in [-0.4, -0.2) is 37.0 Å². The van der Waals surface area contributed by atoms with Crippen molar-refractivity contribution in [3.05, 3.63) is 70.7 Å². The van der Waals surface area contributed by atoms with Crippen LogP contribution in [0.5, 0.6) is 5.75 Å². The van der Waals surface area contributed by atoms with E-state index in [0.29, 0.717) is 27.7 Å². The fraction of sp³-hybridized carbons (Fsp3) is 0.100. The molecule has 9 heteroatoms. The van der Waals surface area contributed by atoms with Crippen LogP contribution in [0.3, 0.4) is 0 Å². The van der Waals surface area contributed by atoms with Gasteiger partial charge in [-0.3, -0.25) is 14.9 Å². The molecule has 2 amide bonds. The van der Waals surface area contributed by atoms with Gasteiger partial charge >= 0.3 is 5.97 Å². The molecule has 0 aliphatic rings. The maximum absolute atomic E-state index is 12.3. The number of nitrogens with zero attached hydrogens (tertiary/aromatic N) is 1. The van der Waals surface area contributed by atoms with E-state index in [-0.39, 0.29) is 11.6 Å². The molecule has 3 rings (SSSR count). The van der Waals surface area contributed by atoms with Crippen LogP contribution >= 0.6 is 11.3 Å². The Hall–Kier alpha value is -3.72. The van der Waals surface area contributed by atoms with Gasteiger partial charge in [-0.1, -0.05) is 0 Å². The monoisotopic (exact) mass is 411 g/mol. The summed E-state index contributed by atoms with van der Waals surface area (Å²) >= 11 is 1.14. The minimum Gasteiger partial charge on any atom is -0.497 e. The number of hydrogen-bond acceptors (Lipinski definition) is 7. The number of methoxy groups -OCH3 is 2. The molecule has 1 heterocycles. The molecule has 1 aromatic heterocycles. The second-order valence-electron chi connectivity index (χ2n) is 5.74. The van der Waals surface area contributed by atoms with Crippen molar-refractivity contribution in [2.75, 3.05) is 24.9 Å². The van der Waals surface area contributed by atoms with Gasteiger partial charge in [0.15, 0.2) is 5.13 Å². The van der Waals surface area contributed by atoms with E-state index in [1.807, 2.05) is 0 Å². The van der Waals surface area contributed by atoms with Crippen molar-refractivity contribution in [2.24, 2.45) is 0 Å². The van der Waals surface area contributed by atoms with E-state index < -0.39 is 11.9 Å². The van der Waals surface area contributed by atoms with Crippen LogP contribution in [-0.2, 0) is 4.74 Å². The first-order chi connectivity index (χ1) is 14.0. The summed E-state index contributed by atoms with van der Waals surface area (Å²) in [6.45, 7) is 0. The zero-order valence-electron chi connectivity index (χ0n) is 15.6. The molecule has 0 aliphatic carbocycles. The van der Waals surface area contributed by atoms with Crippen LogP contribution in [0.2, 0.25) is 0 Å². The molecule has 2 N–H and O–H groups in total. The number of benzene rings is 2. The van der Waals surface area contributed by atoms with Gasteiger partial charge in [0.2, 0.25) is 0 Å². The SMILES string of the molecule is COC(=O)c1ccc(NC(=O)c2csc(NC(=O)c3ccc(OC)cc3)n2)cc1. The van der Waals surface area contributed by atoms with Gasteiger partial charge in [-0.15, -0.1) is 11.3 Å². The molecule has 0 radical (unpaired) electrons. The predicted octanol–water partition coefficient (Wildman–Crippen LogP) is 3.44. The minimum absolute atomic E-state index is 0.164. The molecule has 0 bridgehead atoms. The Kier molecular flexibility index (Phi) is 6.20. The number of aromatic nitrogens is 1. The van der Waals surface area contributed by atoms with E-state index in [4.69, 9.17) is 4.74 Å². The van der Waals surface area contributed by atoms with Gasteiger partial charge in [0.05, 0.1) is 19.8 Å². The van der Waals surface area contributed by atoms with Crippen LogP contribution < -0.4 is 15.4 Å². The van der Waals surface area contributed by atoms with Crippen molar-refractivity contribution in [1.82, 2.24) is 4.98 Å². The van der Waals surface area contributed by atoms with Crippen LogP contribution in [0, 0.1) is 0 Å². The smallest absolute Gasteiger partial charge is 0.337 e. The van der Waals surface area contributed by atoms with E-state index in [0.717, 1.165) is 11.3 Å². The van der Waals surface area contributed by atoms with Crippen LogP contribution in [0.25, 0.3) is 0 Å². The second kappa shape index (κ2) is 8.98. The summed E-state index contributed by atoms with van der Waals surface area (Å²) in [4.78, 5) is 40.2. The number of rotatable bonds is 6. The summed E-state index contributed by atoms with van der Waals surface area (Å²) < 4.78 is 9.69. The summed E-state index contributed by atoms with van der Waals surface area (Å²) in [6.07, 6.45) is 0. The first kappa shape index (κ1) is 20.0. The molecule has 0 saturated heterocycles. The number of nitrogens with one attached hydrogen (secondary N) is 2. The van der Waals surface area contributed by atoms with Crippen molar-refractivity contribution in [2.45, 2.75) is 0 Å². The molecular formula is C20H17N3O5S. The molecule has 29 heavy (non-hydrogen) atoms. The molecule has 0 saturated carbocycles. The van der Waals surface area contributed by atoms with E-state index in [9.17, 15) is 14.4 Å². The standard InChI is InChI=1S/C20H17N3O5S/c1-27-15-9-5-12(6-10-15)17(24)23-20-22-16(11-29-20)18(25)21-14-7-3-13(4-8-14)19(26)28-2/h3-11H,1-2H3,(H,21,25)(H,22,23,24). The van der Waals surface area contributed by atoms with Crippen molar-refractivity contribution in [3.8, 4) is 5.75 Å². The lowest BCUT2D eigenvalue weighted by Crippen LogP contribution is -2.14. The Labute approximate surface area is 170 Å². The third kappa shape index (κ3) is 4.96. The zero-order chi connectivity index (χ0) is 20.8. The van der Waals surface area contributed by atoms with Gasteiger partial charge in [-0.05, 0) is 48.5 Å². The van der Waals surface area contributed by atoms with Crippen LogP contribution in [0.1, 0.15) is 31.2 Å². The number of thiazole rings is 1. The quantitative estimate of drug-likeness (QED) is 0.602. The molecular weight excluding hydrogens is 394 g/mol. The lowest BCUT2D eigenvalue weighted by molar-refractivity contribution is 0.0600. The Morgan fingerprint density at radius 1 is 0.862 bits per heavy atom. The topological polar surface area (TPSA) is 107 Å².